The Hall–Kier alpha value is -0.760. The molecule has 0 aromatic carbocycles. The van der Waals surface area contributed by atoms with E-state index >= 15 is 0 Å². The van der Waals surface area contributed by atoms with Gasteiger partial charge in [-0.3, -0.25) is 0 Å². The summed E-state index contributed by atoms with van der Waals surface area (Å²) >= 11 is 0. The van der Waals surface area contributed by atoms with Crippen LogP contribution in [0.2, 0.25) is 0 Å². The van der Waals surface area contributed by atoms with Crippen LogP contribution in [0, 0.1) is 0 Å². The van der Waals surface area contributed by atoms with Gasteiger partial charge < -0.3 is 9.47 Å². The minimum Gasteiger partial charge on any atom is -0.495 e. The molecular weight excluding hydrogens is 152 g/mol. The molecular formula is C10H14O2. The molecule has 0 aromatic rings. The lowest BCUT2D eigenvalue weighted by Gasteiger charge is -2.35. The molecule has 0 N–H and O–H groups in total. The Morgan fingerprint density at radius 1 is 1.33 bits per heavy atom. The first-order chi connectivity index (χ1) is 5.81. The Morgan fingerprint density at radius 3 is 2.83 bits per heavy atom. The topological polar surface area (TPSA) is 18.5 Å². The molecule has 2 atom stereocenters. The molecule has 2 heteroatoms. The molecule has 0 bridgehead atoms. The summed E-state index contributed by atoms with van der Waals surface area (Å²) in [5.74, 6) is 0. The van der Waals surface area contributed by atoms with Crippen molar-refractivity contribution in [2.45, 2.75) is 31.5 Å². The molecule has 0 unspecified atom stereocenters. The zero-order valence-electron chi connectivity index (χ0n) is 7.32. The van der Waals surface area contributed by atoms with Crippen molar-refractivity contribution in [2.24, 2.45) is 0 Å². The van der Waals surface area contributed by atoms with E-state index in [-0.39, 0.29) is 11.7 Å². The van der Waals surface area contributed by atoms with E-state index in [1.807, 2.05) is 0 Å². The third-order valence-electron chi connectivity index (χ3n) is 2.57. The molecule has 12 heavy (non-hydrogen) atoms. The monoisotopic (exact) mass is 166 g/mol. The predicted molar refractivity (Wildman–Crippen MR) is 46.7 cm³/mol. The minimum absolute atomic E-state index is 0.113. The van der Waals surface area contributed by atoms with Crippen molar-refractivity contribution in [1.29, 1.82) is 0 Å². The fourth-order valence-corrected chi connectivity index (χ4v) is 1.69. The van der Waals surface area contributed by atoms with Crippen molar-refractivity contribution in [2.75, 3.05) is 6.61 Å². The predicted octanol–water partition coefficient (Wildman–Crippen LogP) is 2.02. The Bertz CT molecular complexity index is 212. The molecule has 0 saturated heterocycles. The quantitative estimate of drug-likeness (QED) is 0.555. The molecule has 0 amide bonds. The van der Waals surface area contributed by atoms with E-state index in [9.17, 15) is 0 Å². The van der Waals surface area contributed by atoms with Gasteiger partial charge in [-0.2, -0.15) is 0 Å². The first-order valence-electron chi connectivity index (χ1n) is 4.41. The molecule has 0 saturated carbocycles. The molecule has 0 aliphatic carbocycles. The summed E-state index contributed by atoms with van der Waals surface area (Å²) in [5, 5.41) is 0. The number of hydrogen-bond acceptors (Lipinski definition) is 2. The van der Waals surface area contributed by atoms with Crippen LogP contribution in [-0.2, 0) is 9.47 Å². The van der Waals surface area contributed by atoms with Crippen LogP contribution < -0.4 is 0 Å². The van der Waals surface area contributed by atoms with Crippen LogP contribution in [0.15, 0.2) is 24.5 Å². The van der Waals surface area contributed by atoms with Crippen molar-refractivity contribution in [1.82, 2.24) is 0 Å². The van der Waals surface area contributed by atoms with Crippen molar-refractivity contribution in [3.05, 3.63) is 24.5 Å². The van der Waals surface area contributed by atoms with E-state index in [1.165, 1.54) is 0 Å². The lowest BCUT2D eigenvalue weighted by Crippen LogP contribution is -2.42. The van der Waals surface area contributed by atoms with Gasteiger partial charge in [0.1, 0.15) is 11.7 Å². The summed E-state index contributed by atoms with van der Waals surface area (Å²) in [4.78, 5) is 0. The highest BCUT2D eigenvalue weighted by Gasteiger charge is 2.37. The second-order valence-electron chi connectivity index (χ2n) is 3.53. The highest BCUT2D eigenvalue weighted by atomic mass is 16.5. The van der Waals surface area contributed by atoms with Gasteiger partial charge in [-0.25, -0.2) is 0 Å². The summed E-state index contributed by atoms with van der Waals surface area (Å²) in [7, 11) is 0. The van der Waals surface area contributed by atoms with E-state index in [1.54, 1.807) is 6.26 Å². The first-order valence-corrected chi connectivity index (χ1v) is 4.41. The molecule has 0 radical (unpaired) electrons. The zero-order valence-corrected chi connectivity index (χ0v) is 7.32. The van der Waals surface area contributed by atoms with Gasteiger partial charge in [0, 0.05) is 6.42 Å². The molecule has 0 fully saturated rings. The van der Waals surface area contributed by atoms with E-state index in [0.717, 1.165) is 19.4 Å². The first kappa shape index (κ1) is 7.87. The van der Waals surface area contributed by atoms with Gasteiger partial charge >= 0.3 is 0 Å². The summed E-state index contributed by atoms with van der Waals surface area (Å²) < 4.78 is 11.2. The van der Waals surface area contributed by atoms with Gasteiger partial charge in [-0.1, -0.05) is 12.2 Å². The Balaban J connectivity index is 2.04. The summed E-state index contributed by atoms with van der Waals surface area (Å²) in [6, 6.07) is 0. The Kier molecular flexibility index (Phi) is 1.93. The fraction of sp³-hybridized carbons (Fsp3) is 0.600. The van der Waals surface area contributed by atoms with Gasteiger partial charge in [0.05, 0.1) is 12.9 Å². The second-order valence-corrected chi connectivity index (χ2v) is 3.53. The molecule has 2 nitrogen and oxygen atoms in total. The van der Waals surface area contributed by atoms with Gasteiger partial charge in [0.15, 0.2) is 0 Å². The van der Waals surface area contributed by atoms with E-state index in [0.29, 0.717) is 0 Å². The van der Waals surface area contributed by atoms with Crippen LogP contribution in [0.5, 0.6) is 0 Å². The highest BCUT2D eigenvalue weighted by Crippen LogP contribution is 2.30. The third-order valence-corrected chi connectivity index (χ3v) is 2.57. The van der Waals surface area contributed by atoms with E-state index in [2.05, 4.69) is 25.2 Å². The largest absolute Gasteiger partial charge is 0.495 e. The SMILES string of the molecule is C[C@@]1([C@@H]2CC=CO2)CC=CCO1. The maximum atomic E-state index is 5.70. The molecule has 0 spiro atoms. The summed E-state index contributed by atoms with van der Waals surface area (Å²) in [6.07, 6.45) is 10.2. The molecule has 2 heterocycles. The van der Waals surface area contributed by atoms with Crippen LogP contribution in [0.1, 0.15) is 19.8 Å². The molecule has 2 aliphatic rings. The van der Waals surface area contributed by atoms with Crippen LogP contribution in [0.25, 0.3) is 0 Å². The summed E-state index contributed by atoms with van der Waals surface area (Å²) in [6.45, 7) is 2.84. The second kappa shape index (κ2) is 2.94. The van der Waals surface area contributed by atoms with E-state index < -0.39 is 0 Å². The van der Waals surface area contributed by atoms with Crippen LogP contribution in [0.3, 0.4) is 0 Å². The van der Waals surface area contributed by atoms with Crippen LogP contribution in [0.4, 0.5) is 0 Å². The number of rotatable bonds is 1. The van der Waals surface area contributed by atoms with Gasteiger partial charge in [0.2, 0.25) is 0 Å². The maximum Gasteiger partial charge on any atom is 0.130 e. The molecule has 2 aliphatic heterocycles. The van der Waals surface area contributed by atoms with Crippen molar-refractivity contribution >= 4 is 0 Å². The lowest BCUT2D eigenvalue weighted by atomic mass is 9.91. The molecule has 2 rings (SSSR count). The Labute approximate surface area is 72.9 Å². The van der Waals surface area contributed by atoms with Gasteiger partial charge in [-0.05, 0) is 19.4 Å². The standard InChI is InChI=1S/C10H14O2/c1-10(6-2-3-8-12-10)9-5-4-7-11-9/h2-4,7,9H,5-6,8H2,1H3/t9-,10-/m0/s1. The highest BCUT2D eigenvalue weighted by molar-refractivity contribution is 5.04. The van der Waals surface area contributed by atoms with Crippen LogP contribution in [-0.4, -0.2) is 18.3 Å². The van der Waals surface area contributed by atoms with Crippen LogP contribution >= 0.6 is 0 Å². The minimum atomic E-state index is -0.113. The van der Waals surface area contributed by atoms with Crippen molar-refractivity contribution in [3.8, 4) is 0 Å². The van der Waals surface area contributed by atoms with Gasteiger partial charge in [0.25, 0.3) is 0 Å². The molecule has 0 aromatic heterocycles. The maximum absolute atomic E-state index is 5.70. The smallest absolute Gasteiger partial charge is 0.130 e. The average molecular weight is 166 g/mol. The third kappa shape index (κ3) is 1.27. The van der Waals surface area contributed by atoms with Crippen molar-refractivity contribution < 1.29 is 9.47 Å². The average Bonchev–Trinajstić information content (AvgIpc) is 2.58. The summed E-state index contributed by atoms with van der Waals surface area (Å²) in [5.41, 5.74) is -0.113. The van der Waals surface area contributed by atoms with Gasteiger partial charge in [-0.15, -0.1) is 0 Å². The fourth-order valence-electron chi connectivity index (χ4n) is 1.69. The number of hydrogen-bond donors (Lipinski definition) is 0. The van der Waals surface area contributed by atoms with Crippen molar-refractivity contribution in [3.63, 3.8) is 0 Å². The van der Waals surface area contributed by atoms with E-state index in [4.69, 9.17) is 9.47 Å². The number of ether oxygens (including phenoxy) is 2. The lowest BCUT2D eigenvalue weighted by molar-refractivity contribution is -0.102. The Morgan fingerprint density at radius 2 is 2.25 bits per heavy atom. The normalized spacial score (nSPS) is 39.9. The molecule has 66 valence electrons. The zero-order chi connectivity index (χ0) is 8.44.